The Morgan fingerprint density at radius 3 is 1.16 bits per heavy atom. The monoisotopic (exact) mass is 498 g/mol. The Balaban J connectivity index is 2.16. The molecule has 37 heavy (non-hydrogen) atoms. The Morgan fingerprint density at radius 2 is 0.838 bits per heavy atom. The highest BCUT2D eigenvalue weighted by Gasteiger charge is 2.47. The third-order valence-electron chi connectivity index (χ3n) is 6.30. The zero-order valence-electron chi connectivity index (χ0n) is 21.7. The van der Waals surface area contributed by atoms with Gasteiger partial charge in [-0.3, -0.25) is 19.2 Å². The molecule has 3 rings (SSSR count). The van der Waals surface area contributed by atoms with Gasteiger partial charge in [0.1, 0.15) is 23.4 Å². The zero-order valence-corrected chi connectivity index (χ0v) is 21.7. The number of nitrogens with one attached hydrogen (secondary N) is 2. The molecule has 0 spiro atoms. The summed E-state index contributed by atoms with van der Waals surface area (Å²) in [6, 6.07) is 26.6. The van der Waals surface area contributed by atoms with Crippen LogP contribution in [-0.2, 0) is 19.2 Å². The lowest BCUT2D eigenvalue weighted by molar-refractivity contribution is -0.138. The van der Waals surface area contributed by atoms with E-state index >= 15 is 0 Å². The van der Waals surface area contributed by atoms with Crippen molar-refractivity contribution < 1.29 is 19.2 Å². The molecule has 0 bridgehead atoms. The van der Waals surface area contributed by atoms with Crippen LogP contribution < -0.4 is 10.6 Å². The number of anilines is 2. The molecule has 2 atom stereocenters. The smallest absolute Gasteiger partial charge is 0.235 e. The Morgan fingerprint density at radius 1 is 0.514 bits per heavy atom. The van der Waals surface area contributed by atoms with Crippen LogP contribution in [0, 0.1) is 23.7 Å². The molecule has 6 nitrogen and oxygen atoms in total. The molecule has 2 unspecified atom stereocenters. The number of benzene rings is 3. The van der Waals surface area contributed by atoms with E-state index in [-0.39, 0.29) is 11.6 Å². The van der Waals surface area contributed by atoms with Crippen LogP contribution in [0.4, 0.5) is 11.4 Å². The first-order valence-corrected chi connectivity index (χ1v) is 12.5. The van der Waals surface area contributed by atoms with Gasteiger partial charge in [-0.2, -0.15) is 0 Å². The molecule has 6 heteroatoms. The lowest BCUT2D eigenvalue weighted by Gasteiger charge is -2.33. The number of Topliss-reactive ketones (excluding diaryl/α,β-unsaturated/α-hetero) is 2. The highest BCUT2D eigenvalue weighted by molar-refractivity contribution is 6.13. The zero-order chi connectivity index (χ0) is 26.9. The number of hydrogen-bond acceptors (Lipinski definition) is 4. The largest absolute Gasteiger partial charge is 0.325 e. The highest BCUT2D eigenvalue weighted by Crippen LogP contribution is 2.38. The molecule has 3 aromatic carbocycles. The quantitative estimate of drug-likeness (QED) is 0.330. The first kappa shape index (κ1) is 27.5. The first-order chi connectivity index (χ1) is 17.7. The molecular weight excluding hydrogens is 464 g/mol. The van der Waals surface area contributed by atoms with Crippen molar-refractivity contribution in [1.82, 2.24) is 0 Å². The van der Waals surface area contributed by atoms with Crippen LogP contribution in [-0.4, -0.2) is 23.4 Å². The molecular formula is C31H34N2O4. The van der Waals surface area contributed by atoms with Gasteiger partial charge in [-0.05, 0) is 29.8 Å². The van der Waals surface area contributed by atoms with Crippen molar-refractivity contribution in [3.63, 3.8) is 0 Å². The number of hydrogen-bond donors (Lipinski definition) is 2. The van der Waals surface area contributed by atoms with E-state index in [0.717, 1.165) is 0 Å². The van der Waals surface area contributed by atoms with Crippen molar-refractivity contribution in [1.29, 1.82) is 0 Å². The first-order valence-electron chi connectivity index (χ1n) is 12.5. The van der Waals surface area contributed by atoms with Gasteiger partial charge in [0, 0.05) is 29.1 Å². The van der Waals surface area contributed by atoms with Gasteiger partial charge in [-0.25, -0.2) is 0 Å². The molecule has 0 aliphatic carbocycles. The van der Waals surface area contributed by atoms with Crippen molar-refractivity contribution in [2.24, 2.45) is 23.7 Å². The third-order valence-corrected chi connectivity index (χ3v) is 6.30. The van der Waals surface area contributed by atoms with E-state index in [1.165, 1.54) is 0 Å². The number of ketones is 2. The number of carbonyl (C=O) groups excluding carboxylic acids is 4. The average molecular weight is 499 g/mol. The molecule has 0 aromatic heterocycles. The Kier molecular flexibility index (Phi) is 9.50. The van der Waals surface area contributed by atoms with Gasteiger partial charge in [0.2, 0.25) is 11.8 Å². The van der Waals surface area contributed by atoms with Crippen LogP contribution in [0.1, 0.15) is 39.2 Å². The van der Waals surface area contributed by atoms with Crippen LogP contribution in [0.5, 0.6) is 0 Å². The van der Waals surface area contributed by atoms with Gasteiger partial charge >= 0.3 is 0 Å². The summed E-state index contributed by atoms with van der Waals surface area (Å²) in [5, 5.41) is 5.67. The molecule has 2 N–H and O–H groups in total. The van der Waals surface area contributed by atoms with E-state index in [4.69, 9.17) is 0 Å². The van der Waals surface area contributed by atoms with E-state index < -0.39 is 41.4 Å². The summed E-state index contributed by atoms with van der Waals surface area (Å²) in [6.45, 7) is 6.87. The van der Waals surface area contributed by atoms with Gasteiger partial charge in [0.05, 0.1) is 0 Å². The molecule has 0 saturated carbocycles. The maximum absolute atomic E-state index is 13.8. The maximum atomic E-state index is 13.8. The Hall–Kier alpha value is -4.06. The minimum Gasteiger partial charge on any atom is -0.325 e. The standard InChI is InChI=1S/C31H34N2O4/c1-20(2)28(34)26(30(36)32-23-16-10-6-11-17-23)25(22-14-8-5-9-15-22)27(29(35)21(3)4)31(37)33-24-18-12-7-13-19-24/h5-21,25-27H,1-4H3,(H,32,36)(H,33,37). The number of amides is 2. The van der Waals surface area contributed by atoms with Crippen LogP contribution in [0.3, 0.4) is 0 Å². The van der Waals surface area contributed by atoms with Crippen LogP contribution in [0.25, 0.3) is 0 Å². The lowest BCUT2D eigenvalue weighted by Crippen LogP contribution is -2.46. The summed E-state index contributed by atoms with van der Waals surface area (Å²) >= 11 is 0. The minimum absolute atomic E-state index is 0.337. The molecule has 0 saturated heterocycles. The van der Waals surface area contributed by atoms with Gasteiger partial charge < -0.3 is 10.6 Å². The van der Waals surface area contributed by atoms with E-state index in [1.807, 2.05) is 18.2 Å². The average Bonchev–Trinajstić information content (AvgIpc) is 2.89. The topological polar surface area (TPSA) is 92.3 Å². The summed E-state index contributed by atoms with van der Waals surface area (Å²) in [5.41, 5.74) is 1.63. The predicted molar refractivity (Wildman–Crippen MR) is 146 cm³/mol. The predicted octanol–water partition coefficient (Wildman–Crippen LogP) is 5.73. The van der Waals surface area contributed by atoms with E-state index in [9.17, 15) is 19.2 Å². The molecule has 3 aromatic rings. The van der Waals surface area contributed by atoms with Gasteiger partial charge in [0.25, 0.3) is 0 Å². The normalized spacial score (nSPS) is 13.5. The minimum atomic E-state index is -1.27. The summed E-state index contributed by atoms with van der Waals surface area (Å²) < 4.78 is 0. The molecule has 0 radical (unpaired) electrons. The summed E-state index contributed by atoms with van der Waals surface area (Å²) in [4.78, 5) is 54.9. The lowest BCUT2D eigenvalue weighted by atomic mass is 9.69. The summed E-state index contributed by atoms with van der Waals surface area (Å²) in [6.07, 6.45) is 0. The van der Waals surface area contributed by atoms with Crippen LogP contribution in [0.2, 0.25) is 0 Å². The number of rotatable bonds is 11. The number of carbonyl (C=O) groups is 4. The Bertz CT molecular complexity index is 1130. The molecule has 0 aliphatic rings. The van der Waals surface area contributed by atoms with E-state index in [1.54, 1.807) is 100 Å². The summed E-state index contributed by atoms with van der Waals surface area (Å²) in [7, 11) is 0. The maximum Gasteiger partial charge on any atom is 0.235 e. The highest BCUT2D eigenvalue weighted by atomic mass is 16.2. The van der Waals surface area contributed by atoms with Crippen molar-refractivity contribution in [2.75, 3.05) is 10.6 Å². The van der Waals surface area contributed by atoms with Crippen molar-refractivity contribution >= 4 is 34.8 Å². The number of para-hydroxylation sites is 2. The van der Waals surface area contributed by atoms with Crippen LogP contribution >= 0.6 is 0 Å². The molecule has 192 valence electrons. The SMILES string of the molecule is CC(C)C(=O)C(C(=O)Nc1ccccc1)C(c1ccccc1)C(C(=O)Nc1ccccc1)C(=O)C(C)C. The molecule has 0 fully saturated rings. The second-order valence-corrected chi connectivity index (χ2v) is 9.72. The van der Waals surface area contributed by atoms with E-state index in [0.29, 0.717) is 16.9 Å². The summed E-state index contributed by atoms with van der Waals surface area (Å²) in [5.74, 6) is -6.30. The fourth-order valence-electron chi connectivity index (χ4n) is 4.39. The molecule has 0 heterocycles. The van der Waals surface area contributed by atoms with Gasteiger partial charge in [0.15, 0.2) is 0 Å². The van der Waals surface area contributed by atoms with E-state index in [2.05, 4.69) is 10.6 Å². The van der Waals surface area contributed by atoms with Crippen LogP contribution in [0.15, 0.2) is 91.0 Å². The second-order valence-electron chi connectivity index (χ2n) is 9.72. The fraction of sp³-hybridized carbons (Fsp3) is 0.290. The van der Waals surface area contributed by atoms with Gasteiger partial charge in [-0.15, -0.1) is 0 Å². The molecule has 2 amide bonds. The second kappa shape index (κ2) is 12.8. The van der Waals surface area contributed by atoms with Crippen molar-refractivity contribution in [3.8, 4) is 0 Å². The van der Waals surface area contributed by atoms with Gasteiger partial charge in [-0.1, -0.05) is 94.4 Å². The fourth-order valence-corrected chi connectivity index (χ4v) is 4.39. The van der Waals surface area contributed by atoms with Crippen molar-refractivity contribution in [3.05, 3.63) is 96.6 Å². The Labute approximate surface area is 218 Å². The van der Waals surface area contributed by atoms with Crippen molar-refractivity contribution in [2.45, 2.75) is 33.6 Å². The third kappa shape index (κ3) is 7.00. The molecule has 0 aliphatic heterocycles.